The molecule has 2 aliphatic heterocycles. The Balaban J connectivity index is 1.90. The van der Waals surface area contributed by atoms with Crippen molar-refractivity contribution >= 4 is 0 Å². The van der Waals surface area contributed by atoms with E-state index in [1.807, 2.05) is 0 Å². The van der Waals surface area contributed by atoms with E-state index in [0.717, 1.165) is 19.1 Å². The molecular formula is C13H26N2O. The molecule has 0 amide bonds. The Morgan fingerprint density at radius 1 is 1.25 bits per heavy atom. The Bertz CT molecular complexity index is 212. The van der Waals surface area contributed by atoms with Crippen molar-refractivity contribution in [3.63, 3.8) is 0 Å². The van der Waals surface area contributed by atoms with E-state index in [1.165, 1.54) is 25.9 Å². The zero-order valence-corrected chi connectivity index (χ0v) is 10.9. The number of nitrogens with one attached hydrogen (secondary N) is 1. The fraction of sp³-hybridized carbons (Fsp3) is 1.00. The van der Waals surface area contributed by atoms with Crippen molar-refractivity contribution in [3.05, 3.63) is 0 Å². The van der Waals surface area contributed by atoms with Crippen LogP contribution in [-0.2, 0) is 4.74 Å². The minimum absolute atomic E-state index is 0.499. The van der Waals surface area contributed by atoms with Crippen LogP contribution >= 0.6 is 0 Å². The fourth-order valence-electron chi connectivity index (χ4n) is 3.14. The van der Waals surface area contributed by atoms with Crippen LogP contribution in [0.1, 0.15) is 40.0 Å². The number of hydrogen-bond acceptors (Lipinski definition) is 3. The van der Waals surface area contributed by atoms with Gasteiger partial charge in [-0.25, -0.2) is 0 Å². The average Bonchev–Trinajstić information content (AvgIpc) is 2.28. The SMILES string of the molecule is CCC1CC(N2CC(C)NC(C)C2)CCO1. The molecule has 2 aliphatic rings. The molecule has 4 unspecified atom stereocenters. The van der Waals surface area contributed by atoms with E-state index in [0.29, 0.717) is 18.2 Å². The highest BCUT2D eigenvalue weighted by atomic mass is 16.5. The van der Waals surface area contributed by atoms with Crippen LogP contribution < -0.4 is 5.32 Å². The molecule has 3 nitrogen and oxygen atoms in total. The lowest BCUT2D eigenvalue weighted by molar-refractivity contribution is -0.0361. The third-order valence-corrected chi connectivity index (χ3v) is 3.90. The largest absolute Gasteiger partial charge is 0.378 e. The van der Waals surface area contributed by atoms with Crippen LogP contribution in [0.4, 0.5) is 0 Å². The van der Waals surface area contributed by atoms with E-state index in [4.69, 9.17) is 4.74 Å². The monoisotopic (exact) mass is 226 g/mol. The minimum Gasteiger partial charge on any atom is -0.378 e. The second kappa shape index (κ2) is 5.48. The fourth-order valence-corrected chi connectivity index (χ4v) is 3.14. The Morgan fingerprint density at radius 2 is 1.94 bits per heavy atom. The average molecular weight is 226 g/mol. The first-order valence-electron chi connectivity index (χ1n) is 6.80. The molecule has 0 aliphatic carbocycles. The molecule has 0 aromatic carbocycles. The summed E-state index contributed by atoms with van der Waals surface area (Å²) in [5.41, 5.74) is 0. The van der Waals surface area contributed by atoms with E-state index < -0.39 is 0 Å². The van der Waals surface area contributed by atoms with Gasteiger partial charge in [-0.3, -0.25) is 4.90 Å². The molecule has 3 heteroatoms. The van der Waals surface area contributed by atoms with Crippen molar-refractivity contribution in [2.24, 2.45) is 0 Å². The Kier molecular flexibility index (Phi) is 4.22. The summed E-state index contributed by atoms with van der Waals surface area (Å²) < 4.78 is 5.76. The van der Waals surface area contributed by atoms with Crippen LogP contribution in [0.15, 0.2) is 0 Å². The highest BCUT2D eigenvalue weighted by Crippen LogP contribution is 2.22. The van der Waals surface area contributed by atoms with Crippen LogP contribution in [0.3, 0.4) is 0 Å². The summed E-state index contributed by atoms with van der Waals surface area (Å²) in [6, 6.07) is 2.02. The van der Waals surface area contributed by atoms with E-state index in [2.05, 4.69) is 31.0 Å². The molecule has 4 atom stereocenters. The maximum atomic E-state index is 5.76. The Labute approximate surface area is 99.5 Å². The molecule has 2 rings (SSSR count). The summed E-state index contributed by atoms with van der Waals surface area (Å²) in [4.78, 5) is 2.68. The molecule has 16 heavy (non-hydrogen) atoms. The van der Waals surface area contributed by atoms with Crippen molar-refractivity contribution in [1.29, 1.82) is 0 Å². The Morgan fingerprint density at radius 3 is 2.56 bits per heavy atom. The zero-order valence-electron chi connectivity index (χ0n) is 10.9. The van der Waals surface area contributed by atoms with Crippen LogP contribution in [0.2, 0.25) is 0 Å². The molecule has 0 spiro atoms. The molecule has 94 valence electrons. The van der Waals surface area contributed by atoms with E-state index in [1.54, 1.807) is 0 Å². The van der Waals surface area contributed by atoms with Gasteiger partial charge in [0.15, 0.2) is 0 Å². The molecule has 2 heterocycles. The lowest BCUT2D eigenvalue weighted by atomic mass is 9.98. The molecule has 2 saturated heterocycles. The third kappa shape index (κ3) is 2.96. The summed E-state index contributed by atoms with van der Waals surface area (Å²) in [6.07, 6.45) is 4.11. The topological polar surface area (TPSA) is 24.5 Å². The summed E-state index contributed by atoms with van der Waals surface area (Å²) in [6.45, 7) is 10.2. The van der Waals surface area contributed by atoms with Gasteiger partial charge in [0, 0.05) is 37.8 Å². The number of nitrogens with zero attached hydrogens (tertiary/aromatic N) is 1. The number of piperazine rings is 1. The van der Waals surface area contributed by atoms with Crippen molar-refractivity contribution < 1.29 is 4.74 Å². The number of rotatable bonds is 2. The summed E-state index contributed by atoms with van der Waals surface area (Å²) in [5, 5.41) is 3.60. The van der Waals surface area contributed by atoms with Crippen molar-refractivity contribution in [2.45, 2.75) is 64.3 Å². The molecule has 2 fully saturated rings. The van der Waals surface area contributed by atoms with E-state index in [-0.39, 0.29) is 0 Å². The van der Waals surface area contributed by atoms with Crippen molar-refractivity contribution in [3.8, 4) is 0 Å². The molecule has 1 N–H and O–H groups in total. The van der Waals surface area contributed by atoms with Crippen LogP contribution in [0, 0.1) is 0 Å². The quantitative estimate of drug-likeness (QED) is 0.774. The number of ether oxygens (including phenoxy) is 1. The summed E-state index contributed by atoms with van der Waals surface area (Å²) >= 11 is 0. The number of hydrogen-bond donors (Lipinski definition) is 1. The third-order valence-electron chi connectivity index (χ3n) is 3.90. The highest BCUT2D eigenvalue weighted by molar-refractivity contribution is 4.87. The normalized spacial score (nSPS) is 42.2. The summed E-state index contributed by atoms with van der Waals surface area (Å²) in [5.74, 6) is 0. The van der Waals surface area contributed by atoms with Gasteiger partial charge in [-0.15, -0.1) is 0 Å². The predicted octanol–water partition coefficient (Wildman–Crippen LogP) is 1.63. The lowest BCUT2D eigenvalue weighted by Crippen LogP contribution is -2.58. The van der Waals surface area contributed by atoms with Crippen LogP contribution in [0.5, 0.6) is 0 Å². The molecule has 0 aromatic heterocycles. The smallest absolute Gasteiger partial charge is 0.0587 e. The minimum atomic E-state index is 0.499. The maximum absolute atomic E-state index is 5.76. The van der Waals surface area contributed by atoms with Gasteiger partial charge in [-0.2, -0.15) is 0 Å². The first kappa shape index (κ1) is 12.3. The van der Waals surface area contributed by atoms with Gasteiger partial charge in [0.2, 0.25) is 0 Å². The van der Waals surface area contributed by atoms with E-state index in [9.17, 15) is 0 Å². The lowest BCUT2D eigenvalue weighted by Gasteiger charge is -2.43. The van der Waals surface area contributed by atoms with Crippen LogP contribution in [0.25, 0.3) is 0 Å². The van der Waals surface area contributed by atoms with Crippen molar-refractivity contribution in [1.82, 2.24) is 10.2 Å². The maximum Gasteiger partial charge on any atom is 0.0587 e. The van der Waals surface area contributed by atoms with Crippen molar-refractivity contribution in [2.75, 3.05) is 19.7 Å². The van der Waals surface area contributed by atoms with Gasteiger partial charge in [-0.05, 0) is 33.1 Å². The molecule has 0 radical (unpaired) electrons. The molecule has 0 aromatic rings. The summed E-state index contributed by atoms with van der Waals surface area (Å²) in [7, 11) is 0. The zero-order chi connectivity index (χ0) is 11.5. The first-order chi connectivity index (χ1) is 7.69. The molecular weight excluding hydrogens is 200 g/mol. The molecule has 0 bridgehead atoms. The predicted molar refractivity (Wildman–Crippen MR) is 66.7 cm³/mol. The first-order valence-corrected chi connectivity index (χ1v) is 6.80. The van der Waals surface area contributed by atoms with Gasteiger partial charge in [0.25, 0.3) is 0 Å². The van der Waals surface area contributed by atoms with Gasteiger partial charge in [0.1, 0.15) is 0 Å². The van der Waals surface area contributed by atoms with Crippen LogP contribution in [-0.4, -0.2) is 48.8 Å². The standard InChI is InChI=1S/C13H26N2O/c1-4-13-7-12(5-6-16-13)15-8-10(2)14-11(3)9-15/h10-14H,4-9H2,1-3H3. The van der Waals surface area contributed by atoms with E-state index >= 15 is 0 Å². The van der Waals surface area contributed by atoms with Gasteiger partial charge < -0.3 is 10.1 Å². The second-order valence-electron chi connectivity index (χ2n) is 5.50. The Hall–Kier alpha value is -0.120. The van der Waals surface area contributed by atoms with Gasteiger partial charge in [-0.1, -0.05) is 6.92 Å². The van der Waals surface area contributed by atoms with Gasteiger partial charge in [0.05, 0.1) is 6.10 Å². The highest BCUT2D eigenvalue weighted by Gasteiger charge is 2.30. The van der Waals surface area contributed by atoms with Gasteiger partial charge >= 0.3 is 0 Å². The second-order valence-corrected chi connectivity index (χ2v) is 5.50. The molecule has 0 saturated carbocycles.